The van der Waals surface area contributed by atoms with Crippen molar-refractivity contribution >= 4 is 61.5 Å². The highest BCUT2D eigenvalue weighted by Gasteiger charge is 2.36. The van der Waals surface area contributed by atoms with E-state index >= 15 is 0 Å². The lowest BCUT2D eigenvalue weighted by molar-refractivity contribution is -0.122. The molecular formula is C21H22N4O4S2. The number of nitrogens with zero attached hydrogens (tertiary/aromatic N) is 3. The van der Waals surface area contributed by atoms with Crippen LogP contribution >= 0.6 is 22.7 Å². The first-order chi connectivity index (χ1) is 14.7. The molecule has 162 valence electrons. The molecule has 1 aliphatic heterocycles. The molecule has 1 atom stereocenters. The molecule has 4 rings (SSSR count). The first-order valence-corrected chi connectivity index (χ1v) is 11.5. The summed E-state index contributed by atoms with van der Waals surface area (Å²) in [6, 6.07) is 5.72. The smallest absolute Gasteiger partial charge is 0.350 e. The summed E-state index contributed by atoms with van der Waals surface area (Å²) < 4.78 is 6.27. The van der Waals surface area contributed by atoms with E-state index in [-0.39, 0.29) is 30.9 Å². The molecule has 31 heavy (non-hydrogen) atoms. The van der Waals surface area contributed by atoms with E-state index in [2.05, 4.69) is 15.3 Å². The predicted octanol–water partition coefficient (Wildman–Crippen LogP) is 3.93. The molecule has 1 aliphatic rings. The molecule has 0 radical (unpaired) electrons. The summed E-state index contributed by atoms with van der Waals surface area (Å²) in [6.45, 7) is 7.46. The third-order valence-electron chi connectivity index (χ3n) is 4.84. The van der Waals surface area contributed by atoms with Gasteiger partial charge in [-0.05, 0) is 45.9 Å². The zero-order chi connectivity index (χ0) is 22.3. The molecule has 1 unspecified atom stereocenters. The molecule has 0 aliphatic carbocycles. The van der Waals surface area contributed by atoms with Crippen molar-refractivity contribution in [3.05, 3.63) is 33.8 Å². The van der Waals surface area contributed by atoms with Crippen molar-refractivity contribution in [3.63, 3.8) is 0 Å². The second-order valence-electron chi connectivity index (χ2n) is 7.67. The Kier molecular flexibility index (Phi) is 5.76. The molecule has 2 amide bonds. The van der Waals surface area contributed by atoms with Gasteiger partial charge in [-0.25, -0.2) is 14.8 Å². The maximum atomic E-state index is 12.8. The molecule has 1 fully saturated rings. The molecule has 1 saturated heterocycles. The van der Waals surface area contributed by atoms with Gasteiger partial charge in [0.25, 0.3) is 0 Å². The van der Waals surface area contributed by atoms with Gasteiger partial charge in [0.1, 0.15) is 4.88 Å². The minimum atomic E-state index is -0.504. The van der Waals surface area contributed by atoms with E-state index < -0.39 is 11.9 Å². The van der Waals surface area contributed by atoms with E-state index in [1.807, 2.05) is 25.1 Å². The number of ether oxygens (including phenoxy) is 1. The Bertz CT molecular complexity index is 1180. The third-order valence-corrected chi connectivity index (χ3v) is 6.85. The fraction of sp³-hybridized carbons (Fsp3) is 0.381. The highest BCUT2D eigenvalue weighted by atomic mass is 32.1. The van der Waals surface area contributed by atoms with Crippen molar-refractivity contribution in [3.8, 4) is 0 Å². The predicted molar refractivity (Wildman–Crippen MR) is 121 cm³/mol. The third kappa shape index (κ3) is 4.45. The molecule has 0 bridgehead atoms. The van der Waals surface area contributed by atoms with Gasteiger partial charge >= 0.3 is 5.97 Å². The lowest BCUT2D eigenvalue weighted by Gasteiger charge is -2.16. The summed E-state index contributed by atoms with van der Waals surface area (Å²) in [5.74, 6) is -1.36. The number of aryl methyl sites for hydroxylation is 2. The van der Waals surface area contributed by atoms with Crippen molar-refractivity contribution in [2.75, 3.05) is 16.8 Å². The number of benzene rings is 1. The first kappa shape index (κ1) is 21.4. The van der Waals surface area contributed by atoms with Crippen molar-refractivity contribution in [2.45, 2.75) is 40.2 Å². The Hall–Kier alpha value is -2.85. The summed E-state index contributed by atoms with van der Waals surface area (Å²) >= 11 is 2.68. The number of carbonyl (C=O) groups is 3. The van der Waals surface area contributed by atoms with E-state index in [1.54, 1.807) is 37.0 Å². The van der Waals surface area contributed by atoms with Gasteiger partial charge in [0.2, 0.25) is 11.8 Å². The molecule has 1 aromatic carbocycles. The van der Waals surface area contributed by atoms with E-state index in [0.717, 1.165) is 32.2 Å². The highest BCUT2D eigenvalue weighted by molar-refractivity contribution is 7.18. The number of carbonyl (C=O) groups excluding carboxylic acids is 3. The van der Waals surface area contributed by atoms with Crippen LogP contribution in [0.15, 0.2) is 18.2 Å². The van der Waals surface area contributed by atoms with E-state index in [1.165, 1.54) is 0 Å². The van der Waals surface area contributed by atoms with Crippen LogP contribution in [0.25, 0.3) is 10.2 Å². The molecule has 0 saturated carbocycles. The molecular weight excluding hydrogens is 436 g/mol. The zero-order valence-electron chi connectivity index (χ0n) is 17.6. The monoisotopic (exact) mass is 458 g/mol. The van der Waals surface area contributed by atoms with Gasteiger partial charge in [-0.1, -0.05) is 11.3 Å². The Labute approximate surface area is 187 Å². The van der Waals surface area contributed by atoms with Crippen LogP contribution in [0.3, 0.4) is 0 Å². The lowest BCUT2D eigenvalue weighted by atomic mass is 10.1. The van der Waals surface area contributed by atoms with Gasteiger partial charge in [0.05, 0.1) is 32.9 Å². The van der Waals surface area contributed by atoms with E-state index in [4.69, 9.17) is 4.74 Å². The molecule has 8 nitrogen and oxygen atoms in total. The van der Waals surface area contributed by atoms with Crippen LogP contribution in [-0.4, -0.2) is 40.4 Å². The summed E-state index contributed by atoms with van der Waals surface area (Å²) in [5.41, 5.74) is 2.09. The second kappa shape index (κ2) is 8.35. The van der Waals surface area contributed by atoms with Crippen LogP contribution in [0.4, 0.5) is 10.8 Å². The number of hydrogen-bond donors (Lipinski definition) is 1. The van der Waals surface area contributed by atoms with Gasteiger partial charge in [0.15, 0.2) is 5.13 Å². The van der Waals surface area contributed by atoms with Crippen molar-refractivity contribution in [1.29, 1.82) is 0 Å². The molecule has 3 aromatic rings. The largest absolute Gasteiger partial charge is 0.459 e. The topological polar surface area (TPSA) is 101 Å². The lowest BCUT2D eigenvalue weighted by Crippen LogP contribution is -2.28. The minimum absolute atomic E-state index is 0.108. The van der Waals surface area contributed by atoms with E-state index in [9.17, 15) is 14.4 Å². The number of anilines is 2. The molecule has 3 heterocycles. The van der Waals surface area contributed by atoms with Crippen LogP contribution in [-0.2, 0) is 14.3 Å². The van der Waals surface area contributed by atoms with Gasteiger partial charge < -0.3 is 15.0 Å². The van der Waals surface area contributed by atoms with Crippen LogP contribution in [0, 0.1) is 19.8 Å². The standard InChI is InChI=1S/C21H22N4O4S2/c1-10(2)29-20(28)18-11(3)22-21(31-18)24-19(27)13-7-17(26)25(9-13)14-5-6-16-15(8-14)23-12(4)30-16/h5-6,8,10,13H,7,9H2,1-4H3,(H,22,24,27). The number of hydrogen-bond acceptors (Lipinski definition) is 8. The normalized spacial score (nSPS) is 16.4. The quantitative estimate of drug-likeness (QED) is 0.582. The number of thiazole rings is 2. The van der Waals surface area contributed by atoms with Gasteiger partial charge in [0, 0.05) is 18.7 Å². The van der Waals surface area contributed by atoms with Crippen LogP contribution in [0.2, 0.25) is 0 Å². The van der Waals surface area contributed by atoms with Crippen molar-refractivity contribution in [2.24, 2.45) is 5.92 Å². The van der Waals surface area contributed by atoms with Crippen LogP contribution in [0.5, 0.6) is 0 Å². The summed E-state index contributed by atoms with van der Waals surface area (Å²) in [5, 5.41) is 4.04. The second-order valence-corrected chi connectivity index (χ2v) is 9.90. The number of fused-ring (bicyclic) bond motifs is 1. The number of nitrogens with one attached hydrogen (secondary N) is 1. The maximum Gasteiger partial charge on any atom is 0.350 e. The fourth-order valence-electron chi connectivity index (χ4n) is 3.45. The molecule has 0 spiro atoms. The van der Waals surface area contributed by atoms with Crippen molar-refractivity contribution in [1.82, 2.24) is 9.97 Å². The fourth-order valence-corrected chi connectivity index (χ4v) is 5.11. The summed E-state index contributed by atoms with van der Waals surface area (Å²) in [6.07, 6.45) is -0.123. The number of esters is 1. The minimum Gasteiger partial charge on any atom is -0.459 e. The zero-order valence-corrected chi connectivity index (χ0v) is 19.2. The van der Waals surface area contributed by atoms with Crippen LogP contribution in [0.1, 0.15) is 40.6 Å². The van der Waals surface area contributed by atoms with Gasteiger partial charge in [-0.3, -0.25) is 9.59 Å². The molecule has 10 heteroatoms. The maximum absolute atomic E-state index is 12.8. The summed E-state index contributed by atoms with van der Waals surface area (Å²) in [4.78, 5) is 48.2. The first-order valence-electron chi connectivity index (χ1n) is 9.88. The number of amides is 2. The Balaban J connectivity index is 1.45. The Morgan fingerprint density at radius 1 is 1.23 bits per heavy atom. The van der Waals surface area contributed by atoms with E-state index in [0.29, 0.717) is 15.7 Å². The molecule has 1 N–H and O–H groups in total. The average molecular weight is 459 g/mol. The van der Waals surface area contributed by atoms with Crippen LogP contribution < -0.4 is 10.2 Å². The Morgan fingerprint density at radius 2 is 2.00 bits per heavy atom. The Morgan fingerprint density at radius 3 is 2.74 bits per heavy atom. The van der Waals surface area contributed by atoms with Crippen molar-refractivity contribution < 1.29 is 19.1 Å². The summed E-state index contributed by atoms with van der Waals surface area (Å²) in [7, 11) is 0. The number of aromatic nitrogens is 2. The van der Waals surface area contributed by atoms with Gasteiger partial charge in [-0.15, -0.1) is 11.3 Å². The average Bonchev–Trinajstić information content (AvgIpc) is 3.36. The molecule has 2 aromatic heterocycles. The highest BCUT2D eigenvalue weighted by Crippen LogP contribution is 2.31. The SMILES string of the molecule is Cc1nc2cc(N3CC(C(=O)Nc4nc(C)c(C(=O)OC(C)C)s4)CC3=O)ccc2s1. The number of rotatable bonds is 5. The van der Waals surface area contributed by atoms with Gasteiger partial charge in [-0.2, -0.15) is 0 Å².